The van der Waals surface area contributed by atoms with Crippen LogP contribution in [0.5, 0.6) is 0 Å². The Bertz CT molecular complexity index is 494. The second-order valence-electron chi connectivity index (χ2n) is 5.68. The number of carbonyl (C=O) groups excluding carboxylic acids is 1. The Morgan fingerprint density at radius 3 is 2.45 bits per heavy atom. The number of rotatable bonds is 3. The number of carbonyl (C=O) groups is 1. The van der Waals surface area contributed by atoms with Gasteiger partial charge in [0.05, 0.1) is 0 Å². The summed E-state index contributed by atoms with van der Waals surface area (Å²) in [5, 5.41) is 7.74. The molecule has 2 unspecified atom stereocenters. The first-order valence-corrected chi connectivity index (χ1v) is 7.86. The third-order valence-electron chi connectivity index (χ3n) is 4.13. The Kier molecular flexibility index (Phi) is 4.20. The zero-order valence-electron chi connectivity index (χ0n) is 11.2. The fraction of sp³-hybridized carbons (Fsp3) is 0.533. The van der Waals surface area contributed by atoms with Crippen molar-refractivity contribution in [2.75, 3.05) is 13.1 Å². The standard InChI is InChI=1S/C15H18Cl2N2O/c16-10-5-9(6-11(17)7-10)13-8-14(13)15(20)19-12-1-3-18-4-2-12/h5-7,12-14,18H,1-4,8H2,(H,19,20). The molecule has 1 aromatic carbocycles. The molecule has 2 N–H and O–H groups in total. The Hall–Kier alpha value is -0.770. The van der Waals surface area contributed by atoms with Gasteiger partial charge in [-0.3, -0.25) is 4.79 Å². The number of halogens is 2. The summed E-state index contributed by atoms with van der Waals surface area (Å²) in [5.74, 6) is 0.533. The summed E-state index contributed by atoms with van der Waals surface area (Å²) in [6, 6.07) is 5.87. The molecule has 0 spiro atoms. The summed E-state index contributed by atoms with van der Waals surface area (Å²) in [6.07, 6.45) is 2.94. The number of hydrogen-bond acceptors (Lipinski definition) is 2. The smallest absolute Gasteiger partial charge is 0.223 e. The van der Waals surface area contributed by atoms with Crippen LogP contribution in [0.25, 0.3) is 0 Å². The molecule has 2 aliphatic rings. The SMILES string of the molecule is O=C(NC1CCNCC1)C1CC1c1cc(Cl)cc(Cl)c1. The van der Waals surface area contributed by atoms with Crippen molar-refractivity contribution < 1.29 is 4.79 Å². The van der Waals surface area contributed by atoms with E-state index < -0.39 is 0 Å². The third kappa shape index (κ3) is 3.27. The molecule has 1 aliphatic heterocycles. The third-order valence-corrected chi connectivity index (χ3v) is 4.56. The second-order valence-corrected chi connectivity index (χ2v) is 6.56. The van der Waals surface area contributed by atoms with Gasteiger partial charge in [0.2, 0.25) is 5.91 Å². The van der Waals surface area contributed by atoms with Gasteiger partial charge in [-0.1, -0.05) is 23.2 Å². The van der Waals surface area contributed by atoms with Gasteiger partial charge in [0, 0.05) is 22.0 Å². The minimum atomic E-state index is 0.0828. The monoisotopic (exact) mass is 312 g/mol. The van der Waals surface area contributed by atoms with E-state index in [9.17, 15) is 4.79 Å². The molecule has 108 valence electrons. The minimum absolute atomic E-state index is 0.0828. The summed E-state index contributed by atoms with van der Waals surface area (Å²) in [7, 11) is 0. The summed E-state index contributed by atoms with van der Waals surface area (Å²) in [5.41, 5.74) is 1.08. The van der Waals surface area contributed by atoms with Crippen LogP contribution in [0.1, 0.15) is 30.7 Å². The van der Waals surface area contributed by atoms with Crippen LogP contribution in [0.2, 0.25) is 10.0 Å². The summed E-state index contributed by atoms with van der Waals surface area (Å²) in [6.45, 7) is 1.98. The Morgan fingerprint density at radius 2 is 1.80 bits per heavy atom. The summed E-state index contributed by atoms with van der Waals surface area (Å²) < 4.78 is 0. The molecule has 1 aromatic rings. The normalized spacial score (nSPS) is 26.3. The maximum absolute atomic E-state index is 12.2. The molecule has 2 fully saturated rings. The highest BCUT2D eigenvalue weighted by molar-refractivity contribution is 6.34. The van der Waals surface area contributed by atoms with Gasteiger partial charge in [-0.25, -0.2) is 0 Å². The largest absolute Gasteiger partial charge is 0.353 e. The maximum Gasteiger partial charge on any atom is 0.223 e. The lowest BCUT2D eigenvalue weighted by atomic mass is 10.1. The Labute approximate surface area is 129 Å². The number of amides is 1. The fourth-order valence-corrected chi connectivity index (χ4v) is 3.46. The summed E-state index contributed by atoms with van der Waals surface area (Å²) in [4.78, 5) is 12.2. The number of piperidine rings is 1. The molecular weight excluding hydrogens is 295 g/mol. The number of nitrogens with one attached hydrogen (secondary N) is 2. The van der Waals surface area contributed by atoms with Crippen LogP contribution in [-0.4, -0.2) is 25.0 Å². The minimum Gasteiger partial charge on any atom is -0.353 e. The Balaban J connectivity index is 1.59. The van der Waals surface area contributed by atoms with Crippen molar-refractivity contribution in [2.24, 2.45) is 5.92 Å². The predicted molar refractivity (Wildman–Crippen MR) is 81.3 cm³/mol. The van der Waals surface area contributed by atoms with Gasteiger partial charge < -0.3 is 10.6 Å². The molecule has 0 bridgehead atoms. The topological polar surface area (TPSA) is 41.1 Å². The fourth-order valence-electron chi connectivity index (χ4n) is 2.92. The van der Waals surface area contributed by atoms with Crippen LogP contribution in [0, 0.1) is 5.92 Å². The van der Waals surface area contributed by atoms with Crippen LogP contribution in [0.3, 0.4) is 0 Å². The number of benzene rings is 1. The van der Waals surface area contributed by atoms with Crippen LogP contribution in [-0.2, 0) is 4.79 Å². The maximum atomic E-state index is 12.2. The van der Waals surface area contributed by atoms with E-state index in [-0.39, 0.29) is 17.7 Å². The van der Waals surface area contributed by atoms with Gasteiger partial charge in [-0.15, -0.1) is 0 Å². The molecule has 1 amide bonds. The zero-order valence-corrected chi connectivity index (χ0v) is 12.7. The highest BCUT2D eigenvalue weighted by Gasteiger charge is 2.44. The van der Waals surface area contributed by atoms with Crippen molar-refractivity contribution in [3.8, 4) is 0 Å². The zero-order chi connectivity index (χ0) is 14.1. The lowest BCUT2D eigenvalue weighted by Crippen LogP contribution is -2.43. The van der Waals surface area contributed by atoms with Crippen LogP contribution < -0.4 is 10.6 Å². The average Bonchev–Trinajstić information content (AvgIpc) is 3.19. The molecular formula is C15H18Cl2N2O. The average molecular weight is 313 g/mol. The van der Waals surface area contributed by atoms with Gasteiger partial charge in [0.1, 0.15) is 0 Å². The quantitative estimate of drug-likeness (QED) is 0.901. The van der Waals surface area contributed by atoms with E-state index in [1.807, 2.05) is 12.1 Å². The summed E-state index contributed by atoms with van der Waals surface area (Å²) >= 11 is 12.0. The molecule has 1 heterocycles. The molecule has 20 heavy (non-hydrogen) atoms. The molecule has 3 nitrogen and oxygen atoms in total. The molecule has 1 saturated heterocycles. The van der Waals surface area contributed by atoms with E-state index in [0.29, 0.717) is 16.1 Å². The van der Waals surface area contributed by atoms with E-state index in [1.54, 1.807) is 6.07 Å². The van der Waals surface area contributed by atoms with Crippen molar-refractivity contribution in [3.05, 3.63) is 33.8 Å². The Morgan fingerprint density at radius 1 is 1.15 bits per heavy atom. The van der Waals surface area contributed by atoms with Crippen molar-refractivity contribution in [3.63, 3.8) is 0 Å². The van der Waals surface area contributed by atoms with Crippen molar-refractivity contribution >= 4 is 29.1 Å². The molecule has 0 radical (unpaired) electrons. The first kappa shape index (κ1) is 14.2. The van der Waals surface area contributed by atoms with Gasteiger partial charge in [0.25, 0.3) is 0 Å². The highest BCUT2D eigenvalue weighted by Crippen LogP contribution is 2.48. The van der Waals surface area contributed by atoms with Crippen LogP contribution in [0.15, 0.2) is 18.2 Å². The molecule has 1 saturated carbocycles. The second kappa shape index (κ2) is 5.92. The van der Waals surface area contributed by atoms with Gasteiger partial charge in [0.15, 0.2) is 0 Å². The van der Waals surface area contributed by atoms with Gasteiger partial charge in [-0.05, 0) is 62.0 Å². The molecule has 5 heteroatoms. The van der Waals surface area contributed by atoms with E-state index in [0.717, 1.165) is 37.9 Å². The first-order chi connectivity index (χ1) is 9.63. The van der Waals surface area contributed by atoms with E-state index in [2.05, 4.69) is 10.6 Å². The molecule has 1 aliphatic carbocycles. The van der Waals surface area contributed by atoms with E-state index >= 15 is 0 Å². The first-order valence-electron chi connectivity index (χ1n) is 7.10. The number of hydrogen-bond donors (Lipinski definition) is 2. The van der Waals surface area contributed by atoms with Crippen LogP contribution >= 0.6 is 23.2 Å². The highest BCUT2D eigenvalue weighted by atomic mass is 35.5. The van der Waals surface area contributed by atoms with E-state index in [1.165, 1.54) is 0 Å². The van der Waals surface area contributed by atoms with Gasteiger partial charge in [-0.2, -0.15) is 0 Å². The van der Waals surface area contributed by atoms with Crippen molar-refractivity contribution in [1.82, 2.24) is 10.6 Å². The van der Waals surface area contributed by atoms with E-state index in [4.69, 9.17) is 23.2 Å². The van der Waals surface area contributed by atoms with Gasteiger partial charge >= 0.3 is 0 Å². The predicted octanol–water partition coefficient (Wildman–Crippen LogP) is 2.97. The molecule has 3 rings (SSSR count). The molecule has 2 atom stereocenters. The molecule has 0 aromatic heterocycles. The lowest BCUT2D eigenvalue weighted by molar-refractivity contribution is -0.123. The van der Waals surface area contributed by atoms with Crippen LogP contribution in [0.4, 0.5) is 0 Å². The lowest BCUT2D eigenvalue weighted by Gasteiger charge is -2.23. The van der Waals surface area contributed by atoms with Crippen molar-refractivity contribution in [2.45, 2.75) is 31.2 Å². The van der Waals surface area contributed by atoms with Crippen molar-refractivity contribution in [1.29, 1.82) is 0 Å².